The fourth-order valence-electron chi connectivity index (χ4n) is 3.98. The van der Waals surface area contributed by atoms with Crippen molar-refractivity contribution < 1.29 is 14.7 Å². The van der Waals surface area contributed by atoms with Crippen molar-refractivity contribution in [1.29, 1.82) is 0 Å². The van der Waals surface area contributed by atoms with E-state index in [1.54, 1.807) is 17.0 Å². The Hall–Kier alpha value is -3.02. The van der Waals surface area contributed by atoms with Crippen molar-refractivity contribution in [3.8, 4) is 5.75 Å². The van der Waals surface area contributed by atoms with Gasteiger partial charge in [-0.1, -0.05) is 23.8 Å². The highest BCUT2D eigenvalue weighted by atomic mass is 16.3. The molecule has 4 rings (SSSR count). The molecule has 0 saturated carbocycles. The maximum atomic E-state index is 13.0. The number of hydrogen-bond acceptors (Lipinski definition) is 4. The van der Waals surface area contributed by atoms with E-state index in [4.69, 9.17) is 0 Å². The second-order valence-corrected chi connectivity index (χ2v) is 7.57. The van der Waals surface area contributed by atoms with E-state index >= 15 is 0 Å². The van der Waals surface area contributed by atoms with Crippen LogP contribution in [0.15, 0.2) is 48.5 Å². The second kappa shape index (κ2) is 7.54. The number of rotatable bonds is 3. The summed E-state index contributed by atoms with van der Waals surface area (Å²) >= 11 is 0. The van der Waals surface area contributed by atoms with Crippen LogP contribution in [0.1, 0.15) is 12.0 Å². The molecule has 2 aromatic rings. The predicted octanol–water partition coefficient (Wildman–Crippen LogP) is 2.40. The van der Waals surface area contributed by atoms with Crippen LogP contribution in [0.4, 0.5) is 11.4 Å². The Labute approximate surface area is 165 Å². The molecule has 6 heteroatoms. The number of phenolic OH excluding ortho intramolecular Hbond substituents is 1. The number of aryl methyl sites for hydroxylation is 1. The Morgan fingerprint density at radius 2 is 1.71 bits per heavy atom. The molecule has 0 spiro atoms. The van der Waals surface area contributed by atoms with E-state index in [9.17, 15) is 14.7 Å². The first-order chi connectivity index (χ1) is 13.5. The van der Waals surface area contributed by atoms with Gasteiger partial charge in [-0.05, 0) is 31.2 Å². The number of hydrogen-bond donors (Lipinski definition) is 1. The van der Waals surface area contributed by atoms with Gasteiger partial charge in [0.05, 0.1) is 5.92 Å². The summed E-state index contributed by atoms with van der Waals surface area (Å²) in [4.78, 5) is 31.2. The van der Waals surface area contributed by atoms with Gasteiger partial charge in [0.2, 0.25) is 11.8 Å². The topological polar surface area (TPSA) is 64.1 Å². The van der Waals surface area contributed by atoms with Gasteiger partial charge in [0.15, 0.2) is 0 Å². The van der Waals surface area contributed by atoms with Gasteiger partial charge < -0.3 is 19.8 Å². The van der Waals surface area contributed by atoms with Gasteiger partial charge in [-0.15, -0.1) is 0 Å². The normalized spacial score (nSPS) is 20.0. The summed E-state index contributed by atoms with van der Waals surface area (Å²) in [7, 11) is 0. The highest BCUT2D eigenvalue weighted by molar-refractivity contribution is 6.00. The van der Waals surface area contributed by atoms with Gasteiger partial charge >= 0.3 is 0 Å². The van der Waals surface area contributed by atoms with E-state index in [-0.39, 0.29) is 29.9 Å². The zero-order chi connectivity index (χ0) is 19.7. The summed E-state index contributed by atoms with van der Waals surface area (Å²) < 4.78 is 0. The third-order valence-electron chi connectivity index (χ3n) is 5.61. The van der Waals surface area contributed by atoms with Crippen LogP contribution in [0, 0.1) is 12.8 Å². The van der Waals surface area contributed by atoms with Crippen LogP contribution in [0.2, 0.25) is 0 Å². The molecular formula is C22H25N3O3. The predicted molar refractivity (Wildman–Crippen MR) is 109 cm³/mol. The molecule has 6 nitrogen and oxygen atoms in total. The van der Waals surface area contributed by atoms with Crippen LogP contribution in [0.3, 0.4) is 0 Å². The number of nitrogens with zero attached hydrogens (tertiary/aromatic N) is 3. The Morgan fingerprint density at radius 1 is 1.00 bits per heavy atom. The van der Waals surface area contributed by atoms with Crippen LogP contribution < -0.4 is 9.80 Å². The quantitative estimate of drug-likeness (QED) is 0.890. The molecule has 0 radical (unpaired) electrons. The van der Waals surface area contributed by atoms with Crippen LogP contribution >= 0.6 is 0 Å². The standard InChI is InChI=1S/C22H25N3O3/c1-16-5-7-18(8-6-16)25-15-17(13-21(25)27)22(28)24-11-9-23(10-12-24)19-3-2-4-20(26)14-19/h2-8,14,17,26H,9-13,15H2,1H3. The minimum Gasteiger partial charge on any atom is -0.508 e. The fraction of sp³-hybridized carbons (Fsp3) is 0.364. The molecule has 2 aliphatic heterocycles. The van der Waals surface area contributed by atoms with Gasteiger partial charge in [-0.3, -0.25) is 9.59 Å². The lowest BCUT2D eigenvalue weighted by molar-refractivity contribution is -0.136. The molecule has 0 aromatic heterocycles. The molecule has 2 aliphatic rings. The summed E-state index contributed by atoms with van der Waals surface area (Å²) in [6, 6.07) is 15.0. The van der Waals surface area contributed by atoms with Gasteiger partial charge in [0, 0.05) is 56.6 Å². The lowest BCUT2D eigenvalue weighted by atomic mass is 10.1. The summed E-state index contributed by atoms with van der Waals surface area (Å²) in [5.41, 5.74) is 2.97. The van der Waals surface area contributed by atoms with Crippen molar-refractivity contribution in [1.82, 2.24) is 4.90 Å². The minimum atomic E-state index is -0.277. The van der Waals surface area contributed by atoms with Crippen LogP contribution in [0.5, 0.6) is 5.75 Å². The molecule has 2 fully saturated rings. The van der Waals surface area contributed by atoms with Crippen molar-refractivity contribution in [2.45, 2.75) is 13.3 Å². The zero-order valence-corrected chi connectivity index (χ0v) is 16.0. The second-order valence-electron chi connectivity index (χ2n) is 7.57. The first kappa shape index (κ1) is 18.3. The molecule has 1 N–H and O–H groups in total. The van der Waals surface area contributed by atoms with E-state index in [0.29, 0.717) is 19.6 Å². The average Bonchev–Trinajstić information content (AvgIpc) is 3.10. The number of piperazine rings is 1. The maximum Gasteiger partial charge on any atom is 0.228 e. The van der Waals surface area contributed by atoms with Crippen molar-refractivity contribution in [3.05, 3.63) is 54.1 Å². The molecule has 2 heterocycles. The molecular weight excluding hydrogens is 354 g/mol. The van der Waals surface area contributed by atoms with Gasteiger partial charge in [0.25, 0.3) is 0 Å². The van der Waals surface area contributed by atoms with E-state index in [0.717, 1.165) is 30.0 Å². The smallest absolute Gasteiger partial charge is 0.228 e. The molecule has 2 amide bonds. The van der Waals surface area contributed by atoms with Gasteiger partial charge in [0.1, 0.15) is 5.75 Å². The Kier molecular flexibility index (Phi) is 4.94. The highest BCUT2D eigenvalue weighted by Crippen LogP contribution is 2.27. The number of anilines is 2. The SMILES string of the molecule is Cc1ccc(N2CC(C(=O)N3CCN(c4cccc(O)c4)CC3)CC2=O)cc1. The van der Waals surface area contributed by atoms with Crippen molar-refractivity contribution >= 4 is 23.2 Å². The molecule has 0 bridgehead atoms. The van der Waals surface area contributed by atoms with Gasteiger partial charge in [-0.25, -0.2) is 0 Å². The molecule has 1 unspecified atom stereocenters. The number of carbonyl (C=O) groups excluding carboxylic acids is 2. The Bertz CT molecular complexity index is 873. The number of benzene rings is 2. The zero-order valence-electron chi connectivity index (χ0n) is 16.0. The van der Waals surface area contributed by atoms with E-state index < -0.39 is 0 Å². The number of phenols is 1. The fourth-order valence-corrected chi connectivity index (χ4v) is 3.98. The lowest BCUT2D eigenvalue weighted by Crippen LogP contribution is -2.50. The monoisotopic (exact) mass is 379 g/mol. The summed E-state index contributed by atoms with van der Waals surface area (Å²) in [5.74, 6) is 0.0527. The van der Waals surface area contributed by atoms with Crippen LogP contribution in [-0.2, 0) is 9.59 Å². The maximum absolute atomic E-state index is 13.0. The minimum absolute atomic E-state index is 0.0144. The molecule has 146 valence electrons. The highest BCUT2D eigenvalue weighted by Gasteiger charge is 2.37. The first-order valence-electron chi connectivity index (χ1n) is 9.71. The van der Waals surface area contributed by atoms with E-state index in [2.05, 4.69) is 4.90 Å². The van der Waals surface area contributed by atoms with Crippen LogP contribution in [0.25, 0.3) is 0 Å². The van der Waals surface area contributed by atoms with Crippen molar-refractivity contribution in [2.75, 3.05) is 42.5 Å². The Morgan fingerprint density at radius 3 is 2.39 bits per heavy atom. The molecule has 2 aromatic carbocycles. The summed E-state index contributed by atoms with van der Waals surface area (Å²) in [6.45, 7) is 5.16. The Balaban J connectivity index is 1.36. The lowest BCUT2D eigenvalue weighted by Gasteiger charge is -2.37. The van der Waals surface area contributed by atoms with Crippen molar-refractivity contribution in [3.63, 3.8) is 0 Å². The molecule has 28 heavy (non-hydrogen) atoms. The summed E-state index contributed by atoms with van der Waals surface area (Å²) in [5, 5.41) is 9.66. The number of aromatic hydroxyl groups is 1. The third kappa shape index (κ3) is 3.67. The summed E-state index contributed by atoms with van der Waals surface area (Å²) in [6.07, 6.45) is 0.277. The largest absolute Gasteiger partial charge is 0.508 e. The molecule has 2 saturated heterocycles. The first-order valence-corrected chi connectivity index (χ1v) is 9.71. The number of carbonyl (C=O) groups is 2. The van der Waals surface area contributed by atoms with E-state index in [1.165, 1.54) is 0 Å². The molecule has 1 atom stereocenters. The number of amides is 2. The van der Waals surface area contributed by atoms with Crippen LogP contribution in [-0.4, -0.2) is 54.5 Å². The third-order valence-corrected chi connectivity index (χ3v) is 5.61. The average molecular weight is 379 g/mol. The van der Waals surface area contributed by atoms with E-state index in [1.807, 2.05) is 48.2 Å². The van der Waals surface area contributed by atoms with Gasteiger partial charge in [-0.2, -0.15) is 0 Å². The van der Waals surface area contributed by atoms with Crippen molar-refractivity contribution in [2.24, 2.45) is 5.92 Å². The molecule has 0 aliphatic carbocycles.